The molecule has 13 heavy (non-hydrogen) atoms. The Hall–Kier alpha value is -0.240. The lowest BCUT2D eigenvalue weighted by molar-refractivity contribution is -0.262. The van der Waals surface area contributed by atoms with E-state index in [1.165, 1.54) is 0 Å². The van der Waals surface area contributed by atoms with Crippen LogP contribution < -0.4 is 0 Å². The molecule has 6 nitrogen and oxygen atoms in total. The van der Waals surface area contributed by atoms with Gasteiger partial charge >= 0.3 is 0 Å². The van der Waals surface area contributed by atoms with Crippen molar-refractivity contribution >= 4 is 0 Å². The number of aliphatic hydroxyl groups is 5. The molecule has 0 aliphatic carbocycles. The summed E-state index contributed by atoms with van der Waals surface area (Å²) in [4.78, 5) is 0. The van der Waals surface area contributed by atoms with E-state index in [1.807, 2.05) is 0 Å². The molecule has 2 radical (unpaired) electrons. The lowest BCUT2D eigenvalue weighted by atomic mass is 10.0. The largest absolute Gasteiger partial charge is 0.391 e. The molecule has 0 aromatic heterocycles. The zero-order valence-electron chi connectivity index (χ0n) is 6.74. The van der Waals surface area contributed by atoms with Crippen molar-refractivity contribution < 1.29 is 30.3 Å². The summed E-state index contributed by atoms with van der Waals surface area (Å²) in [7, 11) is 0. The fraction of sp³-hybridized carbons (Fsp3) is 0.857. The highest BCUT2D eigenvalue weighted by atomic mass is 16.6. The second-order valence-electron chi connectivity index (χ2n) is 3.04. The number of ether oxygens (including phenoxy) is 1. The van der Waals surface area contributed by atoms with Crippen LogP contribution in [-0.4, -0.2) is 62.3 Å². The van der Waals surface area contributed by atoms with Gasteiger partial charge in [-0.1, -0.05) is 0 Å². The van der Waals surface area contributed by atoms with E-state index in [0.717, 1.165) is 0 Å². The van der Waals surface area contributed by atoms with Gasteiger partial charge in [-0.05, 0) is 6.92 Å². The third-order valence-electron chi connectivity index (χ3n) is 1.99. The molecule has 1 heterocycles. The van der Waals surface area contributed by atoms with Gasteiger partial charge in [0.15, 0.2) is 0 Å². The van der Waals surface area contributed by atoms with Crippen LogP contribution >= 0.6 is 0 Å². The highest BCUT2D eigenvalue weighted by Crippen LogP contribution is 2.27. The number of hydrogen-bond acceptors (Lipinski definition) is 6. The highest BCUT2D eigenvalue weighted by molar-refractivity contribution is 4.97. The summed E-state index contributed by atoms with van der Waals surface area (Å²) in [6, 6.07) is 0. The minimum Gasteiger partial charge on any atom is -0.391 e. The summed E-state index contributed by atoms with van der Waals surface area (Å²) in [6.45, 7) is 4.15. The van der Waals surface area contributed by atoms with E-state index in [-0.39, 0.29) is 0 Å². The maximum Gasteiger partial charge on any atom is 0.216 e. The van der Waals surface area contributed by atoms with E-state index < -0.39 is 36.8 Å². The zero-order valence-corrected chi connectivity index (χ0v) is 6.74. The van der Waals surface area contributed by atoms with Crippen molar-refractivity contribution in [3.63, 3.8) is 0 Å². The van der Waals surface area contributed by atoms with E-state index in [1.54, 1.807) is 0 Å². The molecule has 1 saturated heterocycles. The minimum absolute atomic E-state index is 1.02. The quantitative estimate of drug-likeness (QED) is 0.296. The van der Waals surface area contributed by atoms with Crippen LogP contribution in [0.25, 0.3) is 0 Å². The van der Waals surface area contributed by atoms with Crippen molar-refractivity contribution in [1.82, 2.24) is 0 Å². The molecule has 0 amide bonds. The van der Waals surface area contributed by atoms with E-state index in [4.69, 9.17) is 27.3 Å². The Bertz CT molecular complexity index is 182. The molecule has 0 saturated carbocycles. The Morgan fingerprint density at radius 1 is 1.23 bits per heavy atom. The molecule has 1 unspecified atom stereocenters. The molecule has 76 valence electrons. The van der Waals surface area contributed by atoms with Crippen LogP contribution in [0.4, 0.5) is 0 Å². The zero-order chi connectivity index (χ0) is 10.2. The molecule has 0 bridgehead atoms. The van der Waals surface area contributed by atoms with Gasteiger partial charge in [0.25, 0.3) is 0 Å². The molecular weight excluding hydrogens is 180 g/mol. The minimum atomic E-state index is -2.60. The van der Waals surface area contributed by atoms with Crippen molar-refractivity contribution in [2.75, 3.05) is 6.61 Å². The number of hydrogen-bond donors (Lipinski definition) is 5. The molecule has 6 heteroatoms. The molecule has 1 rings (SSSR count). The van der Waals surface area contributed by atoms with Gasteiger partial charge in [-0.15, -0.1) is 0 Å². The highest BCUT2D eigenvalue weighted by Gasteiger charge is 2.50. The molecular formula is C7H12O6. The third kappa shape index (κ3) is 1.83. The SMILES string of the molecule is [CH][C@@H]1O[C@H](C(O)(O)CO)[C@H](O)C1O. The molecule has 4 atom stereocenters. The second kappa shape index (κ2) is 3.49. The predicted octanol–water partition coefficient (Wildman–Crippen LogP) is -3.14. The summed E-state index contributed by atoms with van der Waals surface area (Å²) in [5.74, 6) is -2.60. The van der Waals surface area contributed by atoms with Gasteiger partial charge in [0.05, 0.1) is 12.7 Å². The maximum atomic E-state index is 9.21. The Morgan fingerprint density at radius 2 is 1.77 bits per heavy atom. The van der Waals surface area contributed by atoms with Gasteiger partial charge in [-0.25, -0.2) is 0 Å². The molecule has 0 aromatic rings. The first-order valence-corrected chi connectivity index (χ1v) is 3.73. The van der Waals surface area contributed by atoms with Crippen molar-refractivity contribution in [3.05, 3.63) is 6.92 Å². The Kier molecular flexibility index (Phi) is 2.91. The van der Waals surface area contributed by atoms with Gasteiger partial charge < -0.3 is 30.3 Å². The second-order valence-corrected chi connectivity index (χ2v) is 3.04. The molecule has 1 fully saturated rings. The first-order chi connectivity index (χ1) is 5.90. The summed E-state index contributed by atoms with van der Waals surface area (Å²) in [5, 5.41) is 45.0. The van der Waals surface area contributed by atoms with E-state index in [2.05, 4.69) is 4.74 Å². The summed E-state index contributed by atoms with van der Waals surface area (Å²) < 4.78 is 4.66. The first kappa shape index (κ1) is 10.8. The Labute approximate surface area is 75.0 Å². The lowest BCUT2D eigenvalue weighted by Crippen LogP contribution is -2.51. The Balaban J connectivity index is 2.73. The fourth-order valence-electron chi connectivity index (χ4n) is 1.18. The predicted molar refractivity (Wildman–Crippen MR) is 39.2 cm³/mol. The van der Waals surface area contributed by atoms with Crippen LogP contribution in [0.15, 0.2) is 0 Å². The summed E-state index contributed by atoms with van der Waals surface area (Å²) >= 11 is 0. The monoisotopic (exact) mass is 192 g/mol. The summed E-state index contributed by atoms with van der Waals surface area (Å²) in [5.41, 5.74) is 0. The van der Waals surface area contributed by atoms with E-state index in [0.29, 0.717) is 0 Å². The maximum absolute atomic E-state index is 9.21. The fourth-order valence-corrected chi connectivity index (χ4v) is 1.18. The molecule has 1 aliphatic rings. The van der Waals surface area contributed by atoms with Crippen LogP contribution in [0, 0.1) is 6.92 Å². The lowest BCUT2D eigenvalue weighted by Gasteiger charge is -2.27. The first-order valence-electron chi connectivity index (χ1n) is 3.73. The number of aliphatic hydroxyl groups excluding tert-OH is 3. The van der Waals surface area contributed by atoms with E-state index in [9.17, 15) is 5.11 Å². The van der Waals surface area contributed by atoms with Crippen LogP contribution in [0.3, 0.4) is 0 Å². The third-order valence-corrected chi connectivity index (χ3v) is 1.99. The molecule has 1 aliphatic heterocycles. The van der Waals surface area contributed by atoms with Crippen LogP contribution in [0.5, 0.6) is 0 Å². The molecule has 0 spiro atoms. The molecule has 0 aromatic carbocycles. The van der Waals surface area contributed by atoms with Crippen molar-refractivity contribution in [2.45, 2.75) is 30.2 Å². The van der Waals surface area contributed by atoms with Crippen LogP contribution in [-0.2, 0) is 4.74 Å². The van der Waals surface area contributed by atoms with Gasteiger partial charge in [0, 0.05) is 0 Å². The van der Waals surface area contributed by atoms with Crippen molar-refractivity contribution in [2.24, 2.45) is 0 Å². The van der Waals surface area contributed by atoms with Gasteiger partial charge in [0.2, 0.25) is 5.79 Å². The van der Waals surface area contributed by atoms with E-state index >= 15 is 0 Å². The topological polar surface area (TPSA) is 110 Å². The van der Waals surface area contributed by atoms with Crippen molar-refractivity contribution in [1.29, 1.82) is 0 Å². The van der Waals surface area contributed by atoms with Crippen LogP contribution in [0.2, 0.25) is 0 Å². The normalized spacial score (nSPS) is 41.1. The smallest absolute Gasteiger partial charge is 0.216 e. The summed E-state index contributed by atoms with van der Waals surface area (Å²) in [6.07, 6.45) is -5.62. The van der Waals surface area contributed by atoms with Crippen LogP contribution in [0.1, 0.15) is 0 Å². The average molecular weight is 192 g/mol. The number of rotatable bonds is 2. The average Bonchev–Trinajstić information content (AvgIpc) is 2.33. The standard InChI is InChI=1S/C7H12O6/c1-3-4(9)5(10)6(13-3)7(11,12)2-8/h1,3-6,8-12H,2H2/t3-,4?,5+,6-/m0/s1. The Morgan fingerprint density at radius 3 is 2.08 bits per heavy atom. The molecule has 5 N–H and O–H groups in total. The van der Waals surface area contributed by atoms with Gasteiger partial charge in [-0.2, -0.15) is 0 Å². The van der Waals surface area contributed by atoms with Crippen molar-refractivity contribution in [3.8, 4) is 0 Å². The van der Waals surface area contributed by atoms with Gasteiger partial charge in [0.1, 0.15) is 18.3 Å². The van der Waals surface area contributed by atoms with Gasteiger partial charge in [-0.3, -0.25) is 0 Å².